The van der Waals surface area contributed by atoms with Crippen molar-refractivity contribution in [2.75, 3.05) is 6.61 Å². The van der Waals surface area contributed by atoms with E-state index in [1.807, 2.05) is 26.0 Å². The fraction of sp³-hybridized carbons (Fsp3) is 0.500. The van der Waals surface area contributed by atoms with Gasteiger partial charge in [0.25, 0.3) is 0 Å². The molecule has 0 bridgehead atoms. The van der Waals surface area contributed by atoms with Crippen molar-refractivity contribution >= 4 is 0 Å². The molecule has 1 rings (SSSR count). The van der Waals surface area contributed by atoms with E-state index < -0.39 is 6.10 Å². The first kappa shape index (κ1) is 11.2. The zero-order valence-electron chi connectivity index (χ0n) is 8.83. The molecule has 1 aromatic carbocycles. The monoisotopic (exact) mass is 194 g/mol. The minimum absolute atomic E-state index is 0.141. The topological polar surface area (TPSA) is 40.5 Å². The van der Waals surface area contributed by atoms with Gasteiger partial charge in [-0.1, -0.05) is 29.3 Å². The molecule has 1 aromatic rings. The minimum Gasteiger partial charge on any atom is -0.396 e. The van der Waals surface area contributed by atoms with Crippen molar-refractivity contribution in [3.05, 3.63) is 34.9 Å². The Morgan fingerprint density at radius 3 is 2.21 bits per heavy atom. The van der Waals surface area contributed by atoms with Crippen LogP contribution in [0.1, 0.15) is 35.6 Å². The lowest BCUT2D eigenvalue weighted by atomic mass is 10.0. The molecule has 14 heavy (non-hydrogen) atoms. The highest BCUT2D eigenvalue weighted by Gasteiger charge is 2.07. The van der Waals surface area contributed by atoms with Crippen molar-refractivity contribution in [2.24, 2.45) is 0 Å². The smallest absolute Gasteiger partial charge is 0.0791 e. The van der Waals surface area contributed by atoms with E-state index in [0.29, 0.717) is 12.8 Å². The van der Waals surface area contributed by atoms with Crippen molar-refractivity contribution in [3.8, 4) is 0 Å². The van der Waals surface area contributed by atoms with Crippen LogP contribution in [-0.4, -0.2) is 16.8 Å². The third-order valence-corrected chi connectivity index (χ3v) is 2.26. The normalized spacial score (nSPS) is 12.9. The first-order valence-electron chi connectivity index (χ1n) is 5.00. The predicted octanol–water partition coefficient (Wildman–Crippen LogP) is 2.11. The molecule has 0 saturated carbocycles. The number of aliphatic hydroxyl groups is 2. The maximum atomic E-state index is 9.79. The molecular formula is C12H18O2. The van der Waals surface area contributed by atoms with Crippen molar-refractivity contribution in [2.45, 2.75) is 32.8 Å². The summed E-state index contributed by atoms with van der Waals surface area (Å²) in [5.74, 6) is 0. The fourth-order valence-corrected chi connectivity index (χ4v) is 1.65. The molecule has 0 aliphatic rings. The minimum atomic E-state index is -0.444. The van der Waals surface area contributed by atoms with Gasteiger partial charge in [0.15, 0.2) is 0 Å². The highest BCUT2D eigenvalue weighted by molar-refractivity contribution is 5.29. The van der Waals surface area contributed by atoms with Gasteiger partial charge in [-0.2, -0.15) is 0 Å². The van der Waals surface area contributed by atoms with Gasteiger partial charge in [0.2, 0.25) is 0 Å². The Labute approximate surface area is 85.2 Å². The summed E-state index contributed by atoms with van der Waals surface area (Å²) in [5, 5.41) is 18.4. The van der Waals surface area contributed by atoms with E-state index in [-0.39, 0.29) is 6.61 Å². The fourth-order valence-electron chi connectivity index (χ4n) is 1.65. The van der Waals surface area contributed by atoms with E-state index in [4.69, 9.17) is 5.11 Å². The molecule has 0 heterocycles. The molecule has 0 radical (unpaired) electrons. The summed E-state index contributed by atoms with van der Waals surface area (Å²) in [7, 11) is 0. The van der Waals surface area contributed by atoms with Gasteiger partial charge in [-0.3, -0.25) is 0 Å². The lowest BCUT2D eigenvalue weighted by molar-refractivity contribution is 0.151. The summed E-state index contributed by atoms with van der Waals surface area (Å²) in [6.07, 6.45) is 0.828. The lowest BCUT2D eigenvalue weighted by Gasteiger charge is -2.11. The maximum absolute atomic E-state index is 9.79. The molecular weight excluding hydrogens is 176 g/mol. The molecule has 0 saturated heterocycles. The van der Waals surface area contributed by atoms with Crippen LogP contribution in [0, 0.1) is 13.8 Å². The van der Waals surface area contributed by atoms with Crippen molar-refractivity contribution < 1.29 is 10.2 Å². The molecule has 0 fully saturated rings. The molecule has 0 aliphatic carbocycles. The predicted molar refractivity (Wildman–Crippen MR) is 57.2 cm³/mol. The Morgan fingerprint density at radius 1 is 1.14 bits per heavy atom. The van der Waals surface area contributed by atoms with E-state index in [2.05, 4.69) is 6.07 Å². The second-order valence-electron chi connectivity index (χ2n) is 3.80. The molecule has 1 atom stereocenters. The van der Waals surface area contributed by atoms with E-state index in [1.165, 1.54) is 11.1 Å². The van der Waals surface area contributed by atoms with Crippen LogP contribution >= 0.6 is 0 Å². The summed E-state index contributed by atoms with van der Waals surface area (Å²) in [5.41, 5.74) is 3.29. The average Bonchev–Trinajstić information content (AvgIpc) is 2.12. The zero-order valence-corrected chi connectivity index (χ0v) is 8.83. The van der Waals surface area contributed by atoms with E-state index in [9.17, 15) is 5.11 Å². The van der Waals surface area contributed by atoms with Crippen LogP contribution < -0.4 is 0 Å². The number of aryl methyl sites for hydroxylation is 2. The number of rotatable bonds is 4. The Bertz CT molecular complexity index is 274. The molecule has 0 amide bonds. The molecule has 2 nitrogen and oxygen atoms in total. The molecule has 78 valence electrons. The molecule has 1 unspecified atom stereocenters. The van der Waals surface area contributed by atoms with Gasteiger partial charge in [0, 0.05) is 6.61 Å². The molecule has 2 heteroatoms. The van der Waals surface area contributed by atoms with Gasteiger partial charge >= 0.3 is 0 Å². The van der Waals surface area contributed by atoms with E-state index in [0.717, 1.165) is 5.56 Å². The second-order valence-corrected chi connectivity index (χ2v) is 3.80. The van der Waals surface area contributed by atoms with Gasteiger partial charge in [-0.15, -0.1) is 0 Å². The molecule has 0 spiro atoms. The van der Waals surface area contributed by atoms with Crippen LogP contribution in [-0.2, 0) is 0 Å². The van der Waals surface area contributed by atoms with E-state index in [1.54, 1.807) is 0 Å². The van der Waals surface area contributed by atoms with E-state index >= 15 is 0 Å². The molecule has 0 aromatic heterocycles. The van der Waals surface area contributed by atoms with Crippen LogP contribution in [0.3, 0.4) is 0 Å². The third kappa shape index (κ3) is 3.13. The summed E-state index contributed by atoms with van der Waals surface area (Å²) in [6.45, 7) is 4.19. The number of hydrogen-bond donors (Lipinski definition) is 2. The highest BCUT2D eigenvalue weighted by Crippen LogP contribution is 2.20. The standard InChI is InChI=1S/C12H18O2/c1-9-6-10(2)8-11(7-9)12(14)4-3-5-13/h6-8,12-14H,3-5H2,1-2H3. The lowest BCUT2D eigenvalue weighted by Crippen LogP contribution is -1.99. The van der Waals surface area contributed by atoms with Crippen LogP contribution in [0.15, 0.2) is 18.2 Å². The summed E-state index contributed by atoms with van der Waals surface area (Å²) in [6, 6.07) is 6.08. The van der Waals surface area contributed by atoms with Gasteiger partial charge in [-0.05, 0) is 32.3 Å². The Hall–Kier alpha value is -0.860. The Balaban J connectivity index is 2.73. The van der Waals surface area contributed by atoms with Gasteiger partial charge < -0.3 is 10.2 Å². The highest BCUT2D eigenvalue weighted by atomic mass is 16.3. The van der Waals surface area contributed by atoms with Gasteiger partial charge in [-0.25, -0.2) is 0 Å². The van der Waals surface area contributed by atoms with Crippen LogP contribution in [0.2, 0.25) is 0 Å². The number of aliphatic hydroxyl groups excluding tert-OH is 2. The number of hydrogen-bond acceptors (Lipinski definition) is 2. The van der Waals surface area contributed by atoms with Crippen LogP contribution in [0.4, 0.5) is 0 Å². The quantitative estimate of drug-likeness (QED) is 0.770. The summed E-state index contributed by atoms with van der Waals surface area (Å²) in [4.78, 5) is 0. The van der Waals surface area contributed by atoms with Crippen LogP contribution in [0.5, 0.6) is 0 Å². The zero-order chi connectivity index (χ0) is 10.6. The molecule has 0 aliphatic heterocycles. The maximum Gasteiger partial charge on any atom is 0.0791 e. The summed E-state index contributed by atoms with van der Waals surface area (Å²) < 4.78 is 0. The van der Waals surface area contributed by atoms with Crippen molar-refractivity contribution in [1.82, 2.24) is 0 Å². The second kappa shape index (κ2) is 5.13. The Kier molecular flexibility index (Phi) is 4.11. The first-order valence-corrected chi connectivity index (χ1v) is 5.00. The SMILES string of the molecule is Cc1cc(C)cc(C(O)CCCO)c1. The van der Waals surface area contributed by atoms with Gasteiger partial charge in [0.1, 0.15) is 0 Å². The number of benzene rings is 1. The summed E-state index contributed by atoms with van der Waals surface area (Å²) >= 11 is 0. The molecule has 2 N–H and O–H groups in total. The van der Waals surface area contributed by atoms with Crippen molar-refractivity contribution in [3.63, 3.8) is 0 Å². The van der Waals surface area contributed by atoms with Gasteiger partial charge in [0.05, 0.1) is 6.10 Å². The Morgan fingerprint density at radius 2 is 1.71 bits per heavy atom. The van der Waals surface area contributed by atoms with Crippen molar-refractivity contribution in [1.29, 1.82) is 0 Å². The first-order chi connectivity index (χ1) is 6.63. The average molecular weight is 194 g/mol. The third-order valence-electron chi connectivity index (χ3n) is 2.26. The largest absolute Gasteiger partial charge is 0.396 e. The van der Waals surface area contributed by atoms with Crippen LogP contribution in [0.25, 0.3) is 0 Å².